The highest BCUT2D eigenvalue weighted by Crippen LogP contribution is 2.32. The predicted molar refractivity (Wildman–Crippen MR) is 77.8 cm³/mol. The molecule has 0 radical (unpaired) electrons. The molecule has 1 saturated carbocycles. The minimum atomic E-state index is -0.148. The van der Waals surface area contributed by atoms with Crippen LogP contribution in [-0.2, 0) is 4.79 Å². The van der Waals surface area contributed by atoms with Crippen molar-refractivity contribution in [2.24, 2.45) is 0 Å². The summed E-state index contributed by atoms with van der Waals surface area (Å²) in [5.41, 5.74) is 0. The number of hydrogen-bond acceptors (Lipinski definition) is 3. The SMILES string of the molecule is O=C(CCNC(=O)c1cc(Br)c(Br)s1)NC1CC1. The summed E-state index contributed by atoms with van der Waals surface area (Å²) < 4.78 is 1.75. The maximum absolute atomic E-state index is 11.8. The van der Waals surface area contributed by atoms with Crippen LogP contribution in [0.5, 0.6) is 0 Å². The van der Waals surface area contributed by atoms with Gasteiger partial charge in [-0.15, -0.1) is 11.3 Å². The molecular weight excluding hydrogens is 384 g/mol. The average molecular weight is 396 g/mol. The van der Waals surface area contributed by atoms with Gasteiger partial charge in [-0.25, -0.2) is 0 Å². The van der Waals surface area contributed by atoms with Crippen molar-refractivity contribution in [3.8, 4) is 0 Å². The molecule has 1 aliphatic carbocycles. The van der Waals surface area contributed by atoms with Crippen LogP contribution in [0.15, 0.2) is 14.3 Å². The molecule has 2 amide bonds. The van der Waals surface area contributed by atoms with Gasteiger partial charge in [0.25, 0.3) is 5.91 Å². The summed E-state index contributed by atoms with van der Waals surface area (Å²) in [6.45, 7) is 0.366. The maximum atomic E-state index is 11.8. The number of hydrogen-bond donors (Lipinski definition) is 2. The lowest BCUT2D eigenvalue weighted by Gasteiger charge is -2.04. The zero-order valence-corrected chi connectivity index (χ0v) is 13.5. The van der Waals surface area contributed by atoms with Crippen LogP contribution in [0.1, 0.15) is 28.9 Å². The molecule has 0 bridgehead atoms. The third-order valence-electron chi connectivity index (χ3n) is 2.45. The molecule has 1 aromatic rings. The Balaban J connectivity index is 1.72. The highest BCUT2D eigenvalue weighted by molar-refractivity contribution is 9.13. The Morgan fingerprint density at radius 1 is 1.39 bits per heavy atom. The second-order valence-corrected chi connectivity index (χ2v) is 7.30. The number of halogens is 2. The lowest BCUT2D eigenvalue weighted by Crippen LogP contribution is -2.31. The van der Waals surface area contributed by atoms with E-state index in [9.17, 15) is 9.59 Å². The summed E-state index contributed by atoms with van der Waals surface area (Å²) in [7, 11) is 0. The molecule has 0 unspecified atom stereocenters. The van der Waals surface area contributed by atoms with Crippen molar-refractivity contribution in [1.82, 2.24) is 10.6 Å². The van der Waals surface area contributed by atoms with Crippen LogP contribution in [-0.4, -0.2) is 24.4 Å². The van der Waals surface area contributed by atoms with Crippen molar-refractivity contribution in [1.29, 1.82) is 0 Å². The smallest absolute Gasteiger partial charge is 0.261 e. The van der Waals surface area contributed by atoms with E-state index < -0.39 is 0 Å². The third-order valence-corrected chi connectivity index (χ3v) is 5.70. The summed E-state index contributed by atoms with van der Waals surface area (Å²) >= 11 is 8.03. The van der Waals surface area contributed by atoms with E-state index in [0.29, 0.717) is 23.9 Å². The van der Waals surface area contributed by atoms with Crippen LogP contribution in [0.2, 0.25) is 0 Å². The molecule has 7 heteroatoms. The number of rotatable bonds is 5. The van der Waals surface area contributed by atoms with Gasteiger partial charge in [-0.2, -0.15) is 0 Å². The molecule has 0 atom stereocenters. The number of amides is 2. The number of nitrogens with one attached hydrogen (secondary N) is 2. The van der Waals surface area contributed by atoms with E-state index in [1.54, 1.807) is 6.07 Å². The summed E-state index contributed by atoms with van der Waals surface area (Å²) in [5.74, 6) is -0.142. The Morgan fingerprint density at radius 3 is 2.67 bits per heavy atom. The van der Waals surface area contributed by atoms with Crippen LogP contribution in [0, 0.1) is 0 Å². The Bertz CT molecular complexity index is 452. The quantitative estimate of drug-likeness (QED) is 0.805. The van der Waals surface area contributed by atoms with E-state index in [1.807, 2.05) is 0 Å². The van der Waals surface area contributed by atoms with Crippen LogP contribution in [0.25, 0.3) is 0 Å². The molecule has 2 N–H and O–H groups in total. The van der Waals surface area contributed by atoms with Gasteiger partial charge in [0.05, 0.1) is 8.66 Å². The fourth-order valence-corrected chi connectivity index (χ4v) is 3.31. The minimum Gasteiger partial charge on any atom is -0.353 e. The van der Waals surface area contributed by atoms with Gasteiger partial charge >= 0.3 is 0 Å². The first kappa shape index (κ1) is 14.0. The van der Waals surface area contributed by atoms with E-state index in [0.717, 1.165) is 21.1 Å². The summed E-state index contributed by atoms with van der Waals surface area (Å²) in [4.78, 5) is 23.8. The van der Waals surface area contributed by atoms with Crippen molar-refractivity contribution >= 4 is 55.0 Å². The van der Waals surface area contributed by atoms with Gasteiger partial charge in [0, 0.05) is 23.5 Å². The molecule has 1 aromatic heterocycles. The molecule has 0 spiro atoms. The van der Waals surface area contributed by atoms with Gasteiger partial charge in [-0.3, -0.25) is 9.59 Å². The van der Waals surface area contributed by atoms with E-state index in [-0.39, 0.29) is 11.8 Å². The summed E-state index contributed by atoms with van der Waals surface area (Å²) in [6.07, 6.45) is 2.49. The number of thiophene rings is 1. The monoisotopic (exact) mass is 394 g/mol. The Hall–Kier alpha value is -0.400. The predicted octanol–water partition coefficient (Wildman–Crippen LogP) is 2.67. The van der Waals surface area contributed by atoms with Crippen molar-refractivity contribution in [3.05, 3.63) is 19.2 Å². The van der Waals surface area contributed by atoms with Gasteiger partial charge in [0.1, 0.15) is 0 Å². The molecule has 1 aliphatic rings. The summed E-state index contributed by atoms with van der Waals surface area (Å²) in [5, 5.41) is 5.61. The van der Waals surface area contributed by atoms with E-state index >= 15 is 0 Å². The van der Waals surface area contributed by atoms with Crippen LogP contribution >= 0.6 is 43.2 Å². The van der Waals surface area contributed by atoms with E-state index in [1.165, 1.54) is 11.3 Å². The Morgan fingerprint density at radius 2 is 2.11 bits per heavy atom. The second-order valence-electron chi connectivity index (χ2n) is 4.08. The van der Waals surface area contributed by atoms with Gasteiger partial charge < -0.3 is 10.6 Å². The largest absolute Gasteiger partial charge is 0.353 e. The lowest BCUT2D eigenvalue weighted by molar-refractivity contribution is -0.121. The maximum Gasteiger partial charge on any atom is 0.261 e. The molecule has 1 fully saturated rings. The van der Waals surface area contributed by atoms with Crippen molar-refractivity contribution in [2.45, 2.75) is 25.3 Å². The van der Waals surface area contributed by atoms with Crippen LogP contribution < -0.4 is 10.6 Å². The molecule has 0 aliphatic heterocycles. The summed E-state index contributed by atoms with van der Waals surface area (Å²) in [6, 6.07) is 2.13. The fourth-order valence-electron chi connectivity index (χ4n) is 1.36. The first-order valence-electron chi connectivity index (χ1n) is 5.58. The lowest BCUT2D eigenvalue weighted by atomic mass is 10.3. The Kier molecular flexibility index (Phi) is 4.80. The number of carbonyl (C=O) groups excluding carboxylic acids is 2. The molecular formula is C11H12Br2N2O2S. The van der Waals surface area contributed by atoms with Crippen molar-refractivity contribution in [3.63, 3.8) is 0 Å². The molecule has 18 heavy (non-hydrogen) atoms. The zero-order chi connectivity index (χ0) is 13.1. The Labute approximate surface area is 126 Å². The van der Waals surface area contributed by atoms with Gasteiger partial charge in [0.15, 0.2) is 0 Å². The first-order chi connectivity index (χ1) is 8.56. The molecule has 2 rings (SSSR count). The zero-order valence-electron chi connectivity index (χ0n) is 9.46. The van der Waals surface area contributed by atoms with E-state index in [4.69, 9.17) is 0 Å². The van der Waals surface area contributed by atoms with Gasteiger partial charge in [-0.05, 0) is 50.8 Å². The normalized spacial score (nSPS) is 14.3. The van der Waals surface area contributed by atoms with Crippen molar-refractivity contribution in [2.75, 3.05) is 6.54 Å². The third kappa shape index (κ3) is 4.07. The van der Waals surface area contributed by atoms with Crippen LogP contribution in [0.4, 0.5) is 0 Å². The average Bonchev–Trinajstić information content (AvgIpc) is 3.05. The standard InChI is InChI=1S/C11H12Br2N2O2S/c12-7-5-8(18-10(7)13)11(17)14-4-3-9(16)15-6-1-2-6/h5-6H,1-4H2,(H,14,17)(H,15,16). The van der Waals surface area contributed by atoms with Gasteiger partial charge in [0.2, 0.25) is 5.91 Å². The molecule has 1 heterocycles. The molecule has 0 saturated heterocycles. The number of carbonyl (C=O) groups is 2. The molecule has 4 nitrogen and oxygen atoms in total. The van der Waals surface area contributed by atoms with Gasteiger partial charge in [-0.1, -0.05) is 0 Å². The second kappa shape index (κ2) is 6.16. The topological polar surface area (TPSA) is 58.2 Å². The van der Waals surface area contributed by atoms with Crippen LogP contribution in [0.3, 0.4) is 0 Å². The molecule has 0 aromatic carbocycles. The highest BCUT2D eigenvalue weighted by Gasteiger charge is 2.22. The fraction of sp³-hybridized carbons (Fsp3) is 0.455. The van der Waals surface area contributed by atoms with Crippen molar-refractivity contribution < 1.29 is 9.59 Å². The molecule has 98 valence electrons. The first-order valence-corrected chi connectivity index (χ1v) is 7.99. The van der Waals surface area contributed by atoms with E-state index in [2.05, 4.69) is 42.5 Å². The minimum absolute atomic E-state index is 0.00587. The highest BCUT2D eigenvalue weighted by atomic mass is 79.9.